The molecule has 2 atom stereocenters. The summed E-state index contributed by atoms with van der Waals surface area (Å²) in [5.74, 6) is 3.03. The van der Waals surface area contributed by atoms with Gasteiger partial charge in [-0.1, -0.05) is 26.7 Å². The fourth-order valence-electron chi connectivity index (χ4n) is 1.77. The van der Waals surface area contributed by atoms with Crippen molar-refractivity contribution in [3.8, 4) is 12.3 Å². The lowest BCUT2D eigenvalue weighted by molar-refractivity contribution is -0.00439. The van der Waals surface area contributed by atoms with Gasteiger partial charge in [0.2, 0.25) is 0 Å². The fraction of sp³-hybridized carbons (Fsp3) is 0.800. The average Bonchev–Trinajstić information content (AvgIpc) is 2.15. The quantitative estimate of drug-likeness (QED) is 0.525. The van der Waals surface area contributed by atoms with Crippen molar-refractivity contribution in [2.75, 3.05) is 0 Å². The maximum Gasteiger partial charge on any atom is 0.130 e. The molecular weight excluding hydrogens is 136 g/mol. The van der Waals surface area contributed by atoms with Crippen LogP contribution in [-0.2, 0) is 0 Å². The monoisotopic (exact) mass is 152 g/mol. The fourth-order valence-corrected chi connectivity index (χ4v) is 1.77. The molecule has 0 aliphatic heterocycles. The minimum Gasteiger partial charge on any atom is -0.377 e. The van der Waals surface area contributed by atoms with E-state index in [0.717, 1.165) is 12.8 Å². The number of terminal acetylenes is 1. The zero-order valence-corrected chi connectivity index (χ0v) is 7.52. The molecule has 11 heavy (non-hydrogen) atoms. The summed E-state index contributed by atoms with van der Waals surface area (Å²) in [5, 5.41) is 9.96. The molecule has 1 N–H and O–H groups in total. The molecule has 0 unspecified atom stereocenters. The van der Waals surface area contributed by atoms with E-state index in [9.17, 15) is 5.11 Å². The highest BCUT2D eigenvalue weighted by molar-refractivity contribution is 5.18. The van der Waals surface area contributed by atoms with Gasteiger partial charge in [-0.25, -0.2) is 0 Å². The summed E-state index contributed by atoms with van der Waals surface area (Å²) >= 11 is 0. The summed E-state index contributed by atoms with van der Waals surface area (Å²) in [7, 11) is 0. The van der Waals surface area contributed by atoms with Crippen LogP contribution in [-0.4, -0.2) is 10.7 Å². The molecule has 0 spiro atoms. The maximum absolute atomic E-state index is 9.96. The van der Waals surface area contributed by atoms with Crippen LogP contribution >= 0.6 is 0 Å². The molecule has 62 valence electrons. The largest absolute Gasteiger partial charge is 0.377 e. The van der Waals surface area contributed by atoms with E-state index in [0.29, 0.717) is 5.92 Å². The highest BCUT2D eigenvalue weighted by atomic mass is 16.3. The molecule has 1 aliphatic carbocycles. The molecule has 1 nitrogen and oxygen atoms in total. The molecule has 0 aromatic heterocycles. The van der Waals surface area contributed by atoms with Crippen molar-refractivity contribution in [2.45, 2.75) is 39.2 Å². The Bertz CT molecular complexity index is 199. The molecule has 0 saturated heterocycles. The maximum atomic E-state index is 9.96. The van der Waals surface area contributed by atoms with Crippen LogP contribution in [0.25, 0.3) is 0 Å². The SMILES string of the molecule is C#C[C@]1(O)CC[C@@H](C)C1(C)C. The third kappa shape index (κ3) is 0.973. The Morgan fingerprint density at radius 1 is 1.55 bits per heavy atom. The summed E-state index contributed by atoms with van der Waals surface area (Å²) in [6.45, 7) is 6.24. The standard InChI is InChI=1S/C10H16O/c1-5-10(11)7-6-8(2)9(10,3)4/h1,8,11H,6-7H2,2-4H3/t8-,10+/m1/s1. The van der Waals surface area contributed by atoms with Crippen molar-refractivity contribution in [3.05, 3.63) is 0 Å². The minimum atomic E-state index is -0.869. The van der Waals surface area contributed by atoms with E-state index in [-0.39, 0.29) is 5.41 Å². The van der Waals surface area contributed by atoms with E-state index in [1.54, 1.807) is 0 Å². The second kappa shape index (κ2) is 2.25. The van der Waals surface area contributed by atoms with E-state index < -0.39 is 5.60 Å². The van der Waals surface area contributed by atoms with E-state index in [1.807, 2.05) is 13.8 Å². The van der Waals surface area contributed by atoms with Gasteiger partial charge >= 0.3 is 0 Å². The van der Waals surface area contributed by atoms with E-state index in [1.165, 1.54) is 0 Å². The summed E-state index contributed by atoms with van der Waals surface area (Å²) < 4.78 is 0. The first-order valence-electron chi connectivity index (χ1n) is 4.14. The lowest BCUT2D eigenvalue weighted by Gasteiger charge is -2.35. The molecule has 0 amide bonds. The molecule has 0 bridgehead atoms. The topological polar surface area (TPSA) is 20.2 Å². The molecule has 1 heteroatoms. The van der Waals surface area contributed by atoms with Crippen LogP contribution in [0.1, 0.15) is 33.6 Å². The Labute approximate surface area is 68.8 Å². The van der Waals surface area contributed by atoms with Crippen LogP contribution in [0.4, 0.5) is 0 Å². The van der Waals surface area contributed by atoms with Crippen molar-refractivity contribution in [3.63, 3.8) is 0 Å². The van der Waals surface area contributed by atoms with Gasteiger partial charge in [0, 0.05) is 5.41 Å². The first kappa shape index (κ1) is 8.62. The van der Waals surface area contributed by atoms with Crippen LogP contribution in [0.3, 0.4) is 0 Å². The summed E-state index contributed by atoms with van der Waals surface area (Å²) in [4.78, 5) is 0. The molecular formula is C10H16O. The van der Waals surface area contributed by atoms with Crippen molar-refractivity contribution in [1.82, 2.24) is 0 Å². The third-order valence-electron chi connectivity index (χ3n) is 3.48. The van der Waals surface area contributed by atoms with Gasteiger partial charge in [0.05, 0.1) is 0 Å². The number of aliphatic hydroxyl groups is 1. The Morgan fingerprint density at radius 2 is 2.09 bits per heavy atom. The van der Waals surface area contributed by atoms with Gasteiger partial charge in [-0.2, -0.15) is 0 Å². The van der Waals surface area contributed by atoms with Crippen molar-refractivity contribution < 1.29 is 5.11 Å². The Balaban J connectivity index is 2.97. The molecule has 0 radical (unpaired) electrons. The first-order chi connectivity index (χ1) is 4.94. The third-order valence-corrected chi connectivity index (χ3v) is 3.48. The van der Waals surface area contributed by atoms with Crippen LogP contribution in [0.15, 0.2) is 0 Å². The van der Waals surface area contributed by atoms with Crippen LogP contribution < -0.4 is 0 Å². The molecule has 1 fully saturated rings. The normalized spacial score (nSPS) is 41.9. The van der Waals surface area contributed by atoms with Crippen molar-refractivity contribution in [1.29, 1.82) is 0 Å². The number of hydrogen-bond donors (Lipinski definition) is 1. The lowest BCUT2D eigenvalue weighted by Crippen LogP contribution is -2.40. The lowest BCUT2D eigenvalue weighted by atomic mass is 9.73. The summed E-state index contributed by atoms with van der Waals surface area (Å²) in [6.07, 6.45) is 7.09. The molecule has 0 aromatic carbocycles. The van der Waals surface area contributed by atoms with E-state index >= 15 is 0 Å². The molecule has 0 aromatic rings. The van der Waals surface area contributed by atoms with Crippen LogP contribution in [0, 0.1) is 23.7 Å². The van der Waals surface area contributed by atoms with Crippen molar-refractivity contribution >= 4 is 0 Å². The van der Waals surface area contributed by atoms with Gasteiger partial charge in [0.15, 0.2) is 0 Å². The predicted octanol–water partition coefficient (Wildman–Crippen LogP) is 1.81. The van der Waals surface area contributed by atoms with Crippen LogP contribution in [0.5, 0.6) is 0 Å². The number of hydrogen-bond acceptors (Lipinski definition) is 1. The van der Waals surface area contributed by atoms with Gasteiger partial charge in [0.25, 0.3) is 0 Å². The molecule has 0 heterocycles. The zero-order valence-electron chi connectivity index (χ0n) is 7.52. The second-order valence-electron chi connectivity index (χ2n) is 4.17. The van der Waals surface area contributed by atoms with E-state index in [2.05, 4.69) is 12.8 Å². The van der Waals surface area contributed by atoms with Gasteiger partial charge in [-0.15, -0.1) is 6.42 Å². The van der Waals surface area contributed by atoms with E-state index in [4.69, 9.17) is 6.42 Å². The Morgan fingerprint density at radius 3 is 2.27 bits per heavy atom. The zero-order chi connectivity index (χ0) is 8.70. The van der Waals surface area contributed by atoms with Crippen molar-refractivity contribution in [2.24, 2.45) is 11.3 Å². The average molecular weight is 152 g/mol. The minimum absolute atomic E-state index is 0.123. The van der Waals surface area contributed by atoms with Gasteiger partial charge in [0.1, 0.15) is 5.60 Å². The molecule has 1 aliphatic rings. The number of rotatable bonds is 0. The molecule has 1 saturated carbocycles. The highest BCUT2D eigenvalue weighted by Crippen LogP contribution is 2.49. The first-order valence-corrected chi connectivity index (χ1v) is 4.14. The molecule has 1 rings (SSSR count). The summed E-state index contributed by atoms with van der Waals surface area (Å²) in [6, 6.07) is 0. The van der Waals surface area contributed by atoms with Crippen LogP contribution in [0.2, 0.25) is 0 Å². The smallest absolute Gasteiger partial charge is 0.130 e. The van der Waals surface area contributed by atoms with Gasteiger partial charge in [-0.3, -0.25) is 0 Å². The van der Waals surface area contributed by atoms with Gasteiger partial charge in [-0.05, 0) is 18.8 Å². The second-order valence-corrected chi connectivity index (χ2v) is 4.17. The predicted molar refractivity (Wildman–Crippen MR) is 46.0 cm³/mol. The summed E-state index contributed by atoms with van der Waals surface area (Å²) in [5.41, 5.74) is -0.992. The van der Waals surface area contributed by atoms with Gasteiger partial charge < -0.3 is 5.11 Å². The Hall–Kier alpha value is -0.480. The Kier molecular flexibility index (Phi) is 1.76. The highest BCUT2D eigenvalue weighted by Gasteiger charge is 2.50.